The van der Waals surface area contributed by atoms with E-state index in [0.29, 0.717) is 12.1 Å². The fourth-order valence-corrected chi connectivity index (χ4v) is 1.84. The lowest BCUT2D eigenvalue weighted by Crippen LogP contribution is -2.22. The van der Waals surface area contributed by atoms with E-state index in [2.05, 4.69) is 17.6 Å². The number of rotatable bonds is 5. The predicted octanol–water partition coefficient (Wildman–Crippen LogP) is 3.20. The second-order valence-corrected chi connectivity index (χ2v) is 4.36. The highest BCUT2D eigenvalue weighted by atomic mass is 16.3. The van der Waals surface area contributed by atoms with Gasteiger partial charge >= 0.3 is 0 Å². The van der Waals surface area contributed by atoms with E-state index in [1.165, 1.54) is 0 Å². The first-order valence-corrected chi connectivity index (χ1v) is 6.37. The van der Waals surface area contributed by atoms with E-state index in [4.69, 9.17) is 4.42 Å². The second kappa shape index (κ2) is 6.09. The normalized spacial score (nSPS) is 11.9. The highest BCUT2D eigenvalue weighted by Crippen LogP contribution is 2.19. The van der Waals surface area contributed by atoms with Crippen molar-refractivity contribution in [1.82, 2.24) is 5.32 Å². The molecular formula is C15H18N2O2. The van der Waals surface area contributed by atoms with E-state index in [1.54, 1.807) is 12.5 Å². The average Bonchev–Trinajstić information content (AvgIpc) is 2.94. The fraction of sp³-hybridized carbons (Fsp3) is 0.267. The van der Waals surface area contributed by atoms with Crippen LogP contribution in [0.1, 0.15) is 35.8 Å². The number of carbonyl (C=O) groups is 1. The Morgan fingerprint density at radius 1 is 1.26 bits per heavy atom. The van der Waals surface area contributed by atoms with Crippen molar-refractivity contribution in [2.45, 2.75) is 19.9 Å². The highest BCUT2D eigenvalue weighted by molar-refractivity contribution is 5.94. The number of furan rings is 1. The summed E-state index contributed by atoms with van der Waals surface area (Å²) in [4.78, 5) is 11.6. The average molecular weight is 258 g/mol. The third-order valence-corrected chi connectivity index (χ3v) is 2.91. The lowest BCUT2D eigenvalue weighted by atomic mass is 10.1. The summed E-state index contributed by atoms with van der Waals surface area (Å²) in [6.07, 6.45) is 3.38. The Morgan fingerprint density at radius 2 is 2.00 bits per heavy atom. The van der Waals surface area contributed by atoms with Crippen LogP contribution in [0.25, 0.3) is 0 Å². The molecule has 2 rings (SSSR count). The first-order valence-electron chi connectivity index (χ1n) is 6.37. The molecule has 1 aromatic carbocycles. The highest BCUT2D eigenvalue weighted by Gasteiger charge is 2.07. The minimum absolute atomic E-state index is 0.0445. The van der Waals surface area contributed by atoms with E-state index < -0.39 is 0 Å². The van der Waals surface area contributed by atoms with Crippen molar-refractivity contribution in [3.05, 3.63) is 54.0 Å². The minimum Gasteiger partial charge on any atom is -0.472 e. The summed E-state index contributed by atoms with van der Waals surface area (Å²) in [6, 6.07) is 9.53. The number of hydrogen-bond acceptors (Lipinski definition) is 3. The summed E-state index contributed by atoms with van der Waals surface area (Å²) >= 11 is 0. The number of benzene rings is 1. The maximum atomic E-state index is 11.6. The summed E-state index contributed by atoms with van der Waals surface area (Å²) in [5.41, 5.74) is 2.73. The molecule has 100 valence electrons. The molecule has 1 aromatic heterocycles. The monoisotopic (exact) mass is 258 g/mol. The van der Waals surface area contributed by atoms with Gasteiger partial charge < -0.3 is 15.1 Å². The molecular weight excluding hydrogens is 240 g/mol. The first-order chi connectivity index (χ1) is 9.20. The van der Waals surface area contributed by atoms with Gasteiger partial charge in [-0.1, -0.05) is 0 Å². The molecule has 0 aliphatic rings. The molecule has 0 spiro atoms. The van der Waals surface area contributed by atoms with Crippen molar-refractivity contribution in [3.8, 4) is 0 Å². The van der Waals surface area contributed by atoms with Gasteiger partial charge in [0.25, 0.3) is 5.91 Å². The van der Waals surface area contributed by atoms with E-state index in [0.717, 1.165) is 11.3 Å². The van der Waals surface area contributed by atoms with Crippen LogP contribution >= 0.6 is 0 Å². The molecule has 2 N–H and O–H groups in total. The Labute approximate surface area is 112 Å². The maximum absolute atomic E-state index is 11.6. The predicted molar refractivity (Wildman–Crippen MR) is 75.2 cm³/mol. The van der Waals surface area contributed by atoms with Gasteiger partial charge in [-0.25, -0.2) is 0 Å². The SMILES string of the molecule is CCNC(=O)c1ccc(NC(C)c2ccoc2)cc1. The molecule has 1 heterocycles. The number of amides is 1. The number of carbonyl (C=O) groups excluding carboxylic acids is 1. The van der Waals surface area contributed by atoms with Gasteiger partial charge in [-0.05, 0) is 44.2 Å². The molecule has 0 bridgehead atoms. The van der Waals surface area contributed by atoms with Crippen LogP contribution in [0.15, 0.2) is 47.3 Å². The molecule has 1 atom stereocenters. The molecule has 0 saturated heterocycles. The van der Waals surface area contributed by atoms with Gasteiger partial charge in [0.2, 0.25) is 0 Å². The Morgan fingerprint density at radius 3 is 2.58 bits per heavy atom. The van der Waals surface area contributed by atoms with E-state index in [9.17, 15) is 4.79 Å². The summed E-state index contributed by atoms with van der Waals surface area (Å²) in [5.74, 6) is -0.0445. The van der Waals surface area contributed by atoms with Crippen molar-refractivity contribution in [2.24, 2.45) is 0 Å². The van der Waals surface area contributed by atoms with Crippen molar-refractivity contribution in [1.29, 1.82) is 0 Å². The molecule has 0 fully saturated rings. The van der Waals surface area contributed by atoms with Crippen LogP contribution in [0.5, 0.6) is 0 Å². The van der Waals surface area contributed by atoms with Crippen molar-refractivity contribution >= 4 is 11.6 Å². The van der Waals surface area contributed by atoms with Crippen molar-refractivity contribution in [2.75, 3.05) is 11.9 Å². The molecule has 0 aliphatic carbocycles. The second-order valence-electron chi connectivity index (χ2n) is 4.36. The molecule has 1 amide bonds. The van der Waals surface area contributed by atoms with Gasteiger partial charge in [0, 0.05) is 23.4 Å². The molecule has 0 aliphatic heterocycles. The molecule has 0 saturated carbocycles. The quantitative estimate of drug-likeness (QED) is 0.866. The van der Waals surface area contributed by atoms with E-state index in [-0.39, 0.29) is 11.9 Å². The zero-order valence-corrected chi connectivity index (χ0v) is 11.1. The maximum Gasteiger partial charge on any atom is 0.251 e. The Kier molecular flexibility index (Phi) is 4.23. The van der Waals surface area contributed by atoms with E-state index >= 15 is 0 Å². The van der Waals surface area contributed by atoms with Gasteiger partial charge in [0.15, 0.2) is 0 Å². The third kappa shape index (κ3) is 3.37. The van der Waals surface area contributed by atoms with Crippen LogP contribution in [0.2, 0.25) is 0 Å². The zero-order valence-electron chi connectivity index (χ0n) is 11.1. The van der Waals surface area contributed by atoms with Gasteiger partial charge in [-0.3, -0.25) is 4.79 Å². The summed E-state index contributed by atoms with van der Waals surface area (Å²) in [5, 5.41) is 6.12. The van der Waals surface area contributed by atoms with Crippen LogP contribution in [0.4, 0.5) is 5.69 Å². The smallest absolute Gasteiger partial charge is 0.251 e. The van der Waals surface area contributed by atoms with Crippen molar-refractivity contribution < 1.29 is 9.21 Å². The Balaban J connectivity index is 2.01. The van der Waals surface area contributed by atoms with Crippen LogP contribution in [0, 0.1) is 0 Å². The lowest BCUT2D eigenvalue weighted by Gasteiger charge is -2.13. The fourth-order valence-electron chi connectivity index (χ4n) is 1.84. The first kappa shape index (κ1) is 13.2. The van der Waals surface area contributed by atoms with Crippen LogP contribution in [0.3, 0.4) is 0 Å². The lowest BCUT2D eigenvalue weighted by molar-refractivity contribution is 0.0956. The summed E-state index contributed by atoms with van der Waals surface area (Å²) < 4.78 is 5.06. The Hall–Kier alpha value is -2.23. The van der Waals surface area contributed by atoms with Crippen LogP contribution in [-0.4, -0.2) is 12.5 Å². The molecule has 0 radical (unpaired) electrons. The zero-order chi connectivity index (χ0) is 13.7. The largest absolute Gasteiger partial charge is 0.472 e. The number of anilines is 1. The topological polar surface area (TPSA) is 54.3 Å². The summed E-state index contributed by atoms with van der Waals surface area (Å²) in [7, 11) is 0. The van der Waals surface area contributed by atoms with Gasteiger partial charge in [0.05, 0.1) is 18.6 Å². The number of hydrogen-bond donors (Lipinski definition) is 2. The molecule has 19 heavy (non-hydrogen) atoms. The molecule has 1 unspecified atom stereocenters. The molecule has 4 heteroatoms. The minimum atomic E-state index is -0.0445. The van der Waals surface area contributed by atoms with Crippen molar-refractivity contribution in [3.63, 3.8) is 0 Å². The molecule has 2 aromatic rings. The Bertz CT molecular complexity index is 518. The van der Waals surface area contributed by atoms with Gasteiger partial charge in [-0.15, -0.1) is 0 Å². The third-order valence-electron chi connectivity index (χ3n) is 2.91. The standard InChI is InChI=1S/C15H18N2O2/c1-3-16-15(18)12-4-6-14(7-5-12)17-11(2)13-8-9-19-10-13/h4-11,17H,3H2,1-2H3,(H,16,18). The van der Waals surface area contributed by atoms with Gasteiger partial charge in [0.1, 0.15) is 0 Å². The number of nitrogens with one attached hydrogen (secondary N) is 2. The summed E-state index contributed by atoms with van der Waals surface area (Å²) in [6.45, 7) is 4.60. The molecule has 4 nitrogen and oxygen atoms in total. The van der Waals surface area contributed by atoms with Crippen LogP contribution < -0.4 is 10.6 Å². The van der Waals surface area contributed by atoms with Gasteiger partial charge in [-0.2, -0.15) is 0 Å². The van der Waals surface area contributed by atoms with E-state index in [1.807, 2.05) is 37.3 Å². The van der Waals surface area contributed by atoms with Crippen LogP contribution in [-0.2, 0) is 0 Å².